The Balaban J connectivity index is 1.38. The molecule has 9 nitrogen and oxygen atoms in total. The molecular weight excluding hydrogens is 494 g/mol. The highest BCUT2D eigenvalue weighted by Gasteiger charge is 2.32. The van der Waals surface area contributed by atoms with Crippen LogP contribution in [0.3, 0.4) is 0 Å². The molecule has 0 spiro atoms. The van der Waals surface area contributed by atoms with Gasteiger partial charge in [0.25, 0.3) is 11.8 Å². The highest BCUT2D eigenvalue weighted by Crippen LogP contribution is 2.35. The minimum Gasteiger partial charge on any atom is -0.489 e. The molecule has 12 heteroatoms. The molecule has 1 atom stereocenters. The molecule has 182 valence electrons. The molecular formula is C24H17ClF2N6O3. The van der Waals surface area contributed by atoms with Crippen molar-refractivity contribution in [2.75, 3.05) is 18.6 Å². The number of nitrogens with zero attached hydrogens (tertiary/aromatic N) is 4. The number of carbonyl (C=O) groups excluding carboxylic acids is 2. The van der Waals surface area contributed by atoms with Gasteiger partial charge in [-0.2, -0.15) is 5.10 Å². The third-order valence-electron chi connectivity index (χ3n) is 5.62. The molecule has 3 heterocycles. The van der Waals surface area contributed by atoms with Gasteiger partial charge in [0, 0.05) is 30.4 Å². The van der Waals surface area contributed by atoms with Crippen molar-refractivity contribution in [3.05, 3.63) is 77.5 Å². The Kier molecular flexibility index (Phi) is 6.06. The van der Waals surface area contributed by atoms with Gasteiger partial charge in [0.15, 0.2) is 0 Å². The predicted octanol–water partition coefficient (Wildman–Crippen LogP) is 3.62. The lowest BCUT2D eigenvalue weighted by molar-refractivity contribution is -0.120. The third-order valence-corrected chi connectivity index (χ3v) is 5.90. The van der Waals surface area contributed by atoms with Crippen LogP contribution in [-0.2, 0) is 4.79 Å². The van der Waals surface area contributed by atoms with Gasteiger partial charge in [0.1, 0.15) is 30.0 Å². The highest BCUT2D eigenvalue weighted by molar-refractivity contribution is 6.33. The van der Waals surface area contributed by atoms with Crippen molar-refractivity contribution in [3.63, 3.8) is 0 Å². The Hall–Kier alpha value is -4.38. The smallest absolute Gasteiger partial charge is 0.289 e. The zero-order chi connectivity index (χ0) is 25.4. The van der Waals surface area contributed by atoms with E-state index in [-0.39, 0.29) is 28.7 Å². The van der Waals surface area contributed by atoms with Crippen LogP contribution in [0.15, 0.2) is 55.0 Å². The van der Waals surface area contributed by atoms with Gasteiger partial charge in [-0.25, -0.2) is 18.7 Å². The molecule has 0 radical (unpaired) electrons. The van der Waals surface area contributed by atoms with Crippen LogP contribution in [0.25, 0.3) is 22.4 Å². The standard InChI is InChI=1S/C24H17ClF2N6O3/c1-33-19-6-12(13-8-29-30-9-13)2-5-20(19)36-11-18(24(33)35)31-23(34)22-28-10-16(25)21(32-22)15-4-3-14(26)7-17(15)27/h2-10,18H,11H2,1H3,(H,29,30)(H,31,34)/t18-/m0/s1. The second-order valence-electron chi connectivity index (χ2n) is 7.92. The average Bonchev–Trinajstić information content (AvgIpc) is 3.38. The lowest BCUT2D eigenvalue weighted by Crippen LogP contribution is -2.49. The van der Waals surface area contributed by atoms with Gasteiger partial charge < -0.3 is 15.0 Å². The van der Waals surface area contributed by atoms with Crippen LogP contribution in [0, 0.1) is 11.6 Å². The van der Waals surface area contributed by atoms with Crippen molar-refractivity contribution in [1.29, 1.82) is 0 Å². The summed E-state index contributed by atoms with van der Waals surface area (Å²) in [7, 11) is 1.57. The number of nitrogens with one attached hydrogen (secondary N) is 2. The normalized spacial score (nSPS) is 15.2. The Morgan fingerprint density at radius 3 is 2.78 bits per heavy atom. The summed E-state index contributed by atoms with van der Waals surface area (Å²) in [5.41, 5.74) is 1.99. The minimum absolute atomic E-state index is 0.0328. The summed E-state index contributed by atoms with van der Waals surface area (Å²) in [5, 5.41) is 9.21. The molecule has 0 saturated heterocycles. The maximum Gasteiger partial charge on any atom is 0.289 e. The predicted molar refractivity (Wildman–Crippen MR) is 127 cm³/mol. The molecule has 5 rings (SSSR count). The number of ether oxygens (including phenoxy) is 1. The summed E-state index contributed by atoms with van der Waals surface area (Å²) >= 11 is 6.10. The van der Waals surface area contributed by atoms with Crippen LogP contribution < -0.4 is 15.0 Å². The van der Waals surface area contributed by atoms with Gasteiger partial charge in [-0.1, -0.05) is 17.7 Å². The average molecular weight is 511 g/mol. The van der Waals surface area contributed by atoms with Crippen LogP contribution >= 0.6 is 11.6 Å². The van der Waals surface area contributed by atoms with Crippen LogP contribution in [0.5, 0.6) is 5.75 Å². The Morgan fingerprint density at radius 2 is 2.03 bits per heavy atom. The molecule has 0 saturated carbocycles. The van der Waals surface area contributed by atoms with E-state index >= 15 is 0 Å². The topological polar surface area (TPSA) is 113 Å². The summed E-state index contributed by atoms with van der Waals surface area (Å²) in [4.78, 5) is 35.4. The highest BCUT2D eigenvalue weighted by atomic mass is 35.5. The Bertz CT molecular complexity index is 1480. The first-order valence-electron chi connectivity index (χ1n) is 10.6. The Morgan fingerprint density at radius 1 is 1.19 bits per heavy atom. The number of fused-ring (bicyclic) bond motifs is 1. The summed E-state index contributed by atoms with van der Waals surface area (Å²) in [6, 6.07) is 7.18. The van der Waals surface area contributed by atoms with Gasteiger partial charge in [0.2, 0.25) is 5.82 Å². The van der Waals surface area contributed by atoms with E-state index in [1.54, 1.807) is 31.6 Å². The van der Waals surface area contributed by atoms with Crippen LogP contribution in [0.1, 0.15) is 10.6 Å². The molecule has 2 aromatic carbocycles. The number of carbonyl (C=O) groups is 2. The summed E-state index contributed by atoms with van der Waals surface area (Å²) in [5.74, 6) is -2.78. The number of hydrogen-bond donors (Lipinski definition) is 2. The largest absolute Gasteiger partial charge is 0.489 e. The van der Waals surface area contributed by atoms with E-state index in [0.29, 0.717) is 17.5 Å². The molecule has 2 amide bonds. The quantitative estimate of drug-likeness (QED) is 0.433. The molecule has 0 bridgehead atoms. The summed E-state index contributed by atoms with van der Waals surface area (Å²) in [6.45, 7) is -0.139. The SMILES string of the molecule is CN1C(=O)[C@@H](NC(=O)c2ncc(Cl)c(-c3ccc(F)cc3F)n2)COc2ccc(-c3cn[nH]c3)cc21. The zero-order valence-corrected chi connectivity index (χ0v) is 19.4. The summed E-state index contributed by atoms with van der Waals surface area (Å²) in [6.07, 6.45) is 4.51. The maximum atomic E-state index is 14.3. The molecule has 1 aliphatic rings. The molecule has 0 aliphatic carbocycles. The lowest BCUT2D eigenvalue weighted by atomic mass is 10.1. The van der Waals surface area contributed by atoms with E-state index in [1.165, 1.54) is 4.90 Å². The molecule has 2 aromatic heterocycles. The van der Waals surface area contributed by atoms with Crippen molar-refractivity contribution in [3.8, 4) is 28.1 Å². The molecule has 4 aromatic rings. The van der Waals surface area contributed by atoms with Crippen LogP contribution in [0.4, 0.5) is 14.5 Å². The van der Waals surface area contributed by atoms with Gasteiger partial charge >= 0.3 is 0 Å². The second-order valence-corrected chi connectivity index (χ2v) is 8.33. The maximum absolute atomic E-state index is 14.3. The van der Waals surface area contributed by atoms with Crippen molar-refractivity contribution < 1.29 is 23.1 Å². The van der Waals surface area contributed by atoms with Crippen LogP contribution in [-0.4, -0.2) is 51.7 Å². The number of halogens is 3. The fourth-order valence-electron chi connectivity index (χ4n) is 3.76. The molecule has 36 heavy (non-hydrogen) atoms. The zero-order valence-electron chi connectivity index (χ0n) is 18.6. The number of aromatic nitrogens is 4. The fourth-order valence-corrected chi connectivity index (χ4v) is 3.95. The number of anilines is 1. The number of rotatable bonds is 4. The van der Waals surface area contributed by atoms with E-state index in [2.05, 4.69) is 25.5 Å². The second kappa shape index (κ2) is 9.34. The van der Waals surface area contributed by atoms with Crippen molar-refractivity contribution in [2.45, 2.75) is 6.04 Å². The monoisotopic (exact) mass is 510 g/mol. The molecule has 2 N–H and O–H groups in total. The first kappa shape index (κ1) is 23.4. The number of hydrogen-bond acceptors (Lipinski definition) is 6. The summed E-state index contributed by atoms with van der Waals surface area (Å²) < 4.78 is 33.4. The first-order chi connectivity index (χ1) is 17.3. The molecule has 1 aliphatic heterocycles. The molecule has 0 unspecified atom stereocenters. The Labute approximate surface area is 208 Å². The van der Waals surface area contributed by atoms with E-state index in [4.69, 9.17) is 16.3 Å². The lowest BCUT2D eigenvalue weighted by Gasteiger charge is -2.20. The van der Waals surface area contributed by atoms with E-state index in [1.807, 2.05) is 6.07 Å². The van der Waals surface area contributed by atoms with E-state index < -0.39 is 29.5 Å². The number of H-pyrrole nitrogens is 1. The van der Waals surface area contributed by atoms with Gasteiger partial charge in [0.05, 0.1) is 28.8 Å². The fraction of sp³-hybridized carbons (Fsp3) is 0.125. The minimum atomic E-state index is -1.06. The van der Waals surface area contributed by atoms with E-state index in [9.17, 15) is 18.4 Å². The van der Waals surface area contributed by atoms with Gasteiger partial charge in [-0.3, -0.25) is 14.7 Å². The van der Waals surface area contributed by atoms with Crippen molar-refractivity contribution in [1.82, 2.24) is 25.5 Å². The third kappa shape index (κ3) is 4.36. The molecule has 0 fully saturated rings. The number of benzene rings is 2. The van der Waals surface area contributed by atoms with Crippen molar-refractivity contribution in [2.24, 2.45) is 0 Å². The van der Waals surface area contributed by atoms with Gasteiger partial charge in [-0.15, -0.1) is 0 Å². The number of aromatic amines is 1. The van der Waals surface area contributed by atoms with Crippen LogP contribution in [0.2, 0.25) is 5.02 Å². The number of likely N-dealkylation sites (N-methyl/N-ethyl adjacent to an activating group) is 1. The van der Waals surface area contributed by atoms with Crippen molar-refractivity contribution >= 4 is 29.1 Å². The van der Waals surface area contributed by atoms with Gasteiger partial charge in [-0.05, 0) is 29.8 Å². The first-order valence-corrected chi connectivity index (χ1v) is 11.0. The number of amides is 2. The van der Waals surface area contributed by atoms with E-state index in [0.717, 1.165) is 29.5 Å².